The van der Waals surface area contributed by atoms with Crippen LogP contribution in [-0.4, -0.2) is 48.2 Å². The second-order valence-corrected chi connectivity index (χ2v) is 4.74. The van der Waals surface area contributed by atoms with Gasteiger partial charge in [-0.2, -0.15) is 0 Å². The molecule has 1 fully saturated rings. The second-order valence-electron chi connectivity index (χ2n) is 4.74. The van der Waals surface area contributed by atoms with E-state index in [1.54, 1.807) is 13.1 Å². The Hall–Kier alpha value is -1.13. The maximum Gasteiger partial charge on any atom is 0.134 e. The molecule has 0 bridgehead atoms. The van der Waals surface area contributed by atoms with Crippen molar-refractivity contribution >= 4 is 5.82 Å². The number of hydrogen-bond donors (Lipinski definition) is 1. The van der Waals surface area contributed by atoms with E-state index in [0.29, 0.717) is 0 Å². The Morgan fingerprint density at radius 2 is 2.12 bits per heavy atom. The van der Waals surface area contributed by atoms with Gasteiger partial charge in [0.25, 0.3) is 0 Å². The molecule has 0 radical (unpaired) electrons. The smallest absolute Gasteiger partial charge is 0.134 e. The number of pyridine rings is 1. The molecule has 2 heterocycles. The fraction of sp³-hybridized carbons (Fsp3) is 0.615. The molecular weight excluding hydrogens is 214 g/mol. The van der Waals surface area contributed by atoms with Gasteiger partial charge < -0.3 is 14.9 Å². The molecule has 2 rings (SSSR count). The van der Waals surface area contributed by atoms with Crippen molar-refractivity contribution in [3.8, 4) is 0 Å². The van der Waals surface area contributed by atoms with Gasteiger partial charge in [0, 0.05) is 31.4 Å². The van der Waals surface area contributed by atoms with E-state index in [1.807, 2.05) is 12.1 Å². The fourth-order valence-electron chi connectivity index (χ4n) is 2.26. The van der Waals surface area contributed by atoms with Crippen molar-refractivity contribution in [1.29, 1.82) is 0 Å². The fourth-order valence-corrected chi connectivity index (χ4v) is 2.26. The van der Waals surface area contributed by atoms with Gasteiger partial charge in [-0.1, -0.05) is 6.07 Å². The van der Waals surface area contributed by atoms with E-state index in [0.717, 1.165) is 44.0 Å². The summed E-state index contributed by atoms with van der Waals surface area (Å²) in [6.45, 7) is 5.97. The highest BCUT2D eigenvalue weighted by molar-refractivity contribution is 5.47. The zero-order chi connectivity index (χ0) is 12.3. The largest absolute Gasteiger partial charge is 0.389 e. The van der Waals surface area contributed by atoms with Crippen LogP contribution in [0.15, 0.2) is 18.3 Å². The van der Waals surface area contributed by atoms with E-state index in [9.17, 15) is 5.11 Å². The minimum atomic E-state index is -0.459. The molecule has 0 amide bonds. The molecule has 0 unspecified atom stereocenters. The molecule has 1 aliphatic rings. The monoisotopic (exact) mass is 235 g/mol. The van der Waals surface area contributed by atoms with Gasteiger partial charge in [0.15, 0.2) is 0 Å². The lowest BCUT2D eigenvalue weighted by Crippen LogP contribution is -2.30. The van der Waals surface area contributed by atoms with Gasteiger partial charge in [-0.3, -0.25) is 0 Å². The minimum absolute atomic E-state index is 0.459. The third kappa shape index (κ3) is 2.96. The van der Waals surface area contributed by atoms with E-state index in [-0.39, 0.29) is 0 Å². The van der Waals surface area contributed by atoms with Crippen molar-refractivity contribution in [3.05, 3.63) is 23.9 Å². The number of aromatic nitrogens is 1. The van der Waals surface area contributed by atoms with Crippen LogP contribution in [-0.2, 0) is 0 Å². The molecule has 0 aromatic carbocycles. The van der Waals surface area contributed by atoms with Gasteiger partial charge in [-0.15, -0.1) is 0 Å². The molecule has 4 heteroatoms. The highest BCUT2D eigenvalue weighted by atomic mass is 16.3. The average molecular weight is 235 g/mol. The molecule has 94 valence electrons. The van der Waals surface area contributed by atoms with Crippen LogP contribution in [0.2, 0.25) is 0 Å². The third-order valence-electron chi connectivity index (χ3n) is 3.29. The van der Waals surface area contributed by atoms with Crippen molar-refractivity contribution in [2.45, 2.75) is 19.4 Å². The number of likely N-dealkylation sites (N-methyl/N-ethyl adjacent to an activating group) is 1. The van der Waals surface area contributed by atoms with Crippen LogP contribution in [0.1, 0.15) is 25.0 Å². The average Bonchev–Trinajstić information content (AvgIpc) is 2.54. The summed E-state index contributed by atoms with van der Waals surface area (Å²) in [5.74, 6) is 0.942. The molecule has 1 aromatic rings. The van der Waals surface area contributed by atoms with Crippen molar-refractivity contribution in [2.24, 2.45) is 0 Å². The number of nitrogens with zero attached hydrogens (tertiary/aromatic N) is 3. The first-order chi connectivity index (χ1) is 8.18. The zero-order valence-electron chi connectivity index (χ0n) is 10.6. The topological polar surface area (TPSA) is 39.6 Å². The summed E-state index contributed by atoms with van der Waals surface area (Å²) in [7, 11) is 2.15. The number of hydrogen-bond acceptors (Lipinski definition) is 4. The molecule has 1 atom stereocenters. The summed E-state index contributed by atoms with van der Waals surface area (Å²) in [5, 5.41) is 9.78. The van der Waals surface area contributed by atoms with Crippen molar-refractivity contribution < 1.29 is 5.11 Å². The van der Waals surface area contributed by atoms with Gasteiger partial charge in [-0.05, 0) is 33.0 Å². The number of rotatable bonds is 2. The summed E-state index contributed by atoms with van der Waals surface area (Å²) in [5.41, 5.74) is 0.928. The van der Waals surface area contributed by atoms with Crippen LogP contribution in [0.3, 0.4) is 0 Å². The lowest BCUT2D eigenvalue weighted by atomic mass is 10.1. The highest BCUT2D eigenvalue weighted by Gasteiger charge is 2.18. The number of anilines is 1. The summed E-state index contributed by atoms with van der Waals surface area (Å²) >= 11 is 0. The lowest BCUT2D eigenvalue weighted by molar-refractivity contribution is 0.199. The normalized spacial score (nSPS) is 20.1. The van der Waals surface area contributed by atoms with E-state index < -0.39 is 6.10 Å². The maximum atomic E-state index is 9.78. The van der Waals surface area contributed by atoms with Crippen LogP contribution >= 0.6 is 0 Å². The van der Waals surface area contributed by atoms with Gasteiger partial charge in [-0.25, -0.2) is 4.98 Å². The number of aliphatic hydroxyl groups excluding tert-OH is 1. The van der Waals surface area contributed by atoms with Crippen molar-refractivity contribution in [1.82, 2.24) is 9.88 Å². The maximum absolute atomic E-state index is 9.78. The quantitative estimate of drug-likeness (QED) is 0.838. The molecule has 17 heavy (non-hydrogen) atoms. The van der Waals surface area contributed by atoms with Gasteiger partial charge >= 0.3 is 0 Å². The Labute approximate surface area is 103 Å². The Bertz CT molecular complexity index is 367. The predicted octanol–water partition coefficient (Wildman–Crippen LogP) is 1.28. The van der Waals surface area contributed by atoms with Gasteiger partial charge in [0.2, 0.25) is 0 Å². The van der Waals surface area contributed by atoms with E-state index >= 15 is 0 Å². The summed E-state index contributed by atoms with van der Waals surface area (Å²) in [6.07, 6.45) is 2.49. The van der Waals surface area contributed by atoms with Crippen LogP contribution in [0.5, 0.6) is 0 Å². The zero-order valence-corrected chi connectivity index (χ0v) is 10.6. The Morgan fingerprint density at radius 3 is 2.88 bits per heavy atom. The first-order valence-electron chi connectivity index (χ1n) is 6.25. The third-order valence-corrected chi connectivity index (χ3v) is 3.29. The standard InChI is InChI=1S/C13H21N3O/c1-11(17)12-5-3-6-14-13(12)16-8-4-7-15(2)9-10-16/h3,5-6,11,17H,4,7-10H2,1-2H3/t11-/m1/s1. The molecule has 0 aliphatic carbocycles. The molecule has 0 saturated carbocycles. The molecule has 1 aromatic heterocycles. The van der Waals surface area contributed by atoms with E-state index in [1.165, 1.54) is 0 Å². The molecule has 1 saturated heterocycles. The minimum Gasteiger partial charge on any atom is -0.389 e. The molecule has 4 nitrogen and oxygen atoms in total. The van der Waals surface area contributed by atoms with Crippen LogP contribution in [0.4, 0.5) is 5.82 Å². The second kappa shape index (κ2) is 5.47. The van der Waals surface area contributed by atoms with Gasteiger partial charge in [0.1, 0.15) is 5.82 Å². The molecular formula is C13H21N3O. The Balaban J connectivity index is 2.21. The van der Waals surface area contributed by atoms with E-state index in [4.69, 9.17) is 0 Å². The Morgan fingerprint density at radius 1 is 1.29 bits per heavy atom. The van der Waals surface area contributed by atoms with Gasteiger partial charge in [0.05, 0.1) is 6.10 Å². The van der Waals surface area contributed by atoms with Crippen molar-refractivity contribution in [2.75, 3.05) is 38.1 Å². The molecule has 0 spiro atoms. The summed E-state index contributed by atoms with van der Waals surface area (Å²) in [6, 6.07) is 3.84. The molecule has 1 N–H and O–H groups in total. The molecule has 1 aliphatic heterocycles. The summed E-state index contributed by atoms with van der Waals surface area (Å²) < 4.78 is 0. The summed E-state index contributed by atoms with van der Waals surface area (Å²) in [4.78, 5) is 9.06. The van der Waals surface area contributed by atoms with Crippen LogP contribution in [0.25, 0.3) is 0 Å². The first kappa shape index (κ1) is 12.3. The first-order valence-corrected chi connectivity index (χ1v) is 6.25. The van der Waals surface area contributed by atoms with E-state index in [2.05, 4.69) is 21.8 Å². The predicted molar refractivity (Wildman–Crippen MR) is 69.2 cm³/mol. The van der Waals surface area contributed by atoms with Crippen LogP contribution in [0, 0.1) is 0 Å². The van der Waals surface area contributed by atoms with Crippen molar-refractivity contribution in [3.63, 3.8) is 0 Å². The lowest BCUT2D eigenvalue weighted by Gasteiger charge is -2.24. The number of aliphatic hydroxyl groups is 1. The SMILES string of the molecule is C[C@@H](O)c1cccnc1N1CCCN(C)CC1. The van der Waals surface area contributed by atoms with Crippen LogP contribution < -0.4 is 4.90 Å². The Kier molecular flexibility index (Phi) is 3.97. The highest BCUT2D eigenvalue weighted by Crippen LogP contribution is 2.24.